The van der Waals surface area contributed by atoms with Crippen molar-refractivity contribution in [2.75, 3.05) is 0 Å². The highest BCUT2D eigenvalue weighted by molar-refractivity contribution is 9.10. The molecule has 0 aliphatic heterocycles. The molecular formula is C10H6BrN3. The van der Waals surface area contributed by atoms with E-state index in [0.717, 1.165) is 15.6 Å². The molecule has 0 radical (unpaired) electrons. The average molecular weight is 248 g/mol. The molecule has 0 saturated carbocycles. The van der Waals surface area contributed by atoms with Gasteiger partial charge in [0.25, 0.3) is 0 Å². The number of para-hydroxylation sites is 1. The zero-order valence-corrected chi connectivity index (χ0v) is 8.77. The molecule has 0 aliphatic carbocycles. The molecule has 0 atom stereocenters. The number of halogens is 1. The summed E-state index contributed by atoms with van der Waals surface area (Å²) in [5.41, 5.74) is 1.97. The Kier molecular flexibility index (Phi) is 1.58. The Morgan fingerprint density at radius 2 is 2.07 bits per heavy atom. The summed E-state index contributed by atoms with van der Waals surface area (Å²) in [4.78, 5) is 0. The Hall–Kier alpha value is -1.42. The van der Waals surface area contributed by atoms with Crippen molar-refractivity contribution < 1.29 is 0 Å². The van der Waals surface area contributed by atoms with Crippen molar-refractivity contribution in [2.45, 2.75) is 0 Å². The SMILES string of the molecule is Brc1cccc2ccc3nncn3c12. The Bertz CT molecular complexity index is 615. The van der Waals surface area contributed by atoms with Gasteiger partial charge >= 0.3 is 0 Å². The van der Waals surface area contributed by atoms with Crippen LogP contribution in [0.4, 0.5) is 0 Å². The second-order valence-corrected chi connectivity index (χ2v) is 3.92. The van der Waals surface area contributed by atoms with Gasteiger partial charge in [-0.1, -0.05) is 12.1 Å². The van der Waals surface area contributed by atoms with E-state index >= 15 is 0 Å². The van der Waals surface area contributed by atoms with Gasteiger partial charge in [0.2, 0.25) is 0 Å². The smallest absolute Gasteiger partial charge is 0.161 e. The van der Waals surface area contributed by atoms with E-state index in [1.165, 1.54) is 5.39 Å². The number of nitrogens with zero attached hydrogens (tertiary/aromatic N) is 3. The summed E-state index contributed by atoms with van der Waals surface area (Å²) in [6.07, 6.45) is 1.72. The number of hydrogen-bond donors (Lipinski definition) is 0. The third kappa shape index (κ3) is 0.974. The van der Waals surface area contributed by atoms with Gasteiger partial charge < -0.3 is 0 Å². The number of aromatic nitrogens is 3. The Morgan fingerprint density at radius 1 is 1.14 bits per heavy atom. The molecule has 0 N–H and O–H groups in total. The standard InChI is InChI=1S/C10H6BrN3/c11-8-3-1-2-7-4-5-9-13-12-6-14(9)10(7)8/h1-6H. The number of benzene rings is 1. The summed E-state index contributed by atoms with van der Waals surface area (Å²) in [6.45, 7) is 0. The fourth-order valence-electron chi connectivity index (χ4n) is 1.61. The minimum Gasteiger partial charge on any atom is -0.280 e. The van der Waals surface area contributed by atoms with Crippen LogP contribution in [0.1, 0.15) is 0 Å². The maximum absolute atomic E-state index is 4.00. The Labute approximate surface area is 88.5 Å². The molecule has 0 fully saturated rings. The van der Waals surface area contributed by atoms with E-state index in [1.807, 2.05) is 28.7 Å². The average Bonchev–Trinajstić information content (AvgIpc) is 2.65. The molecule has 4 heteroatoms. The highest BCUT2D eigenvalue weighted by atomic mass is 79.9. The maximum Gasteiger partial charge on any atom is 0.161 e. The van der Waals surface area contributed by atoms with Crippen LogP contribution in [0.25, 0.3) is 16.6 Å². The van der Waals surface area contributed by atoms with Gasteiger partial charge in [-0.3, -0.25) is 4.40 Å². The number of fused-ring (bicyclic) bond motifs is 3. The van der Waals surface area contributed by atoms with Gasteiger partial charge in [-0.25, -0.2) is 0 Å². The van der Waals surface area contributed by atoms with Gasteiger partial charge in [0.1, 0.15) is 6.33 Å². The maximum atomic E-state index is 4.00. The topological polar surface area (TPSA) is 30.2 Å². The van der Waals surface area contributed by atoms with Gasteiger partial charge in [-0.05, 0) is 39.5 Å². The summed E-state index contributed by atoms with van der Waals surface area (Å²) in [5.74, 6) is 0. The Morgan fingerprint density at radius 3 is 3.00 bits per heavy atom. The summed E-state index contributed by atoms with van der Waals surface area (Å²) in [6, 6.07) is 10.1. The fraction of sp³-hybridized carbons (Fsp3) is 0. The molecule has 0 unspecified atom stereocenters. The predicted molar refractivity (Wildman–Crippen MR) is 58.2 cm³/mol. The van der Waals surface area contributed by atoms with Crippen LogP contribution < -0.4 is 0 Å². The molecule has 3 rings (SSSR count). The van der Waals surface area contributed by atoms with E-state index in [2.05, 4.69) is 32.2 Å². The molecule has 14 heavy (non-hydrogen) atoms. The van der Waals surface area contributed by atoms with Gasteiger partial charge in [-0.2, -0.15) is 0 Å². The molecule has 3 nitrogen and oxygen atoms in total. The van der Waals surface area contributed by atoms with Crippen LogP contribution in [-0.4, -0.2) is 14.6 Å². The van der Waals surface area contributed by atoms with Gasteiger partial charge in [-0.15, -0.1) is 10.2 Å². The van der Waals surface area contributed by atoms with Crippen LogP contribution >= 0.6 is 15.9 Å². The van der Waals surface area contributed by atoms with Crippen LogP contribution in [0.3, 0.4) is 0 Å². The van der Waals surface area contributed by atoms with Crippen molar-refractivity contribution in [1.29, 1.82) is 0 Å². The quantitative estimate of drug-likeness (QED) is 0.612. The van der Waals surface area contributed by atoms with Crippen LogP contribution in [0.15, 0.2) is 41.1 Å². The zero-order chi connectivity index (χ0) is 9.54. The molecule has 0 amide bonds. The van der Waals surface area contributed by atoms with Crippen LogP contribution in [0, 0.1) is 0 Å². The van der Waals surface area contributed by atoms with E-state index in [0.29, 0.717) is 0 Å². The monoisotopic (exact) mass is 247 g/mol. The fourth-order valence-corrected chi connectivity index (χ4v) is 2.19. The highest BCUT2D eigenvalue weighted by Gasteiger charge is 2.03. The van der Waals surface area contributed by atoms with E-state index in [1.54, 1.807) is 6.33 Å². The third-order valence-corrected chi connectivity index (χ3v) is 2.88. The molecule has 0 spiro atoms. The van der Waals surface area contributed by atoms with Crippen LogP contribution in [0.2, 0.25) is 0 Å². The number of pyridine rings is 1. The summed E-state index contributed by atoms with van der Waals surface area (Å²) >= 11 is 3.53. The van der Waals surface area contributed by atoms with Crippen molar-refractivity contribution in [3.63, 3.8) is 0 Å². The van der Waals surface area contributed by atoms with Crippen LogP contribution in [0.5, 0.6) is 0 Å². The van der Waals surface area contributed by atoms with E-state index < -0.39 is 0 Å². The largest absolute Gasteiger partial charge is 0.280 e. The zero-order valence-electron chi connectivity index (χ0n) is 7.18. The van der Waals surface area contributed by atoms with Crippen molar-refractivity contribution >= 4 is 32.5 Å². The van der Waals surface area contributed by atoms with E-state index in [-0.39, 0.29) is 0 Å². The summed E-state index contributed by atoms with van der Waals surface area (Å²) in [7, 11) is 0. The summed E-state index contributed by atoms with van der Waals surface area (Å²) < 4.78 is 3.03. The normalized spacial score (nSPS) is 11.2. The third-order valence-electron chi connectivity index (χ3n) is 2.24. The summed E-state index contributed by atoms with van der Waals surface area (Å²) in [5, 5.41) is 9.06. The van der Waals surface area contributed by atoms with E-state index in [9.17, 15) is 0 Å². The first-order chi connectivity index (χ1) is 6.86. The lowest BCUT2D eigenvalue weighted by Crippen LogP contribution is -1.87. The second kappa shape index (κ2) is 2.78. The number of rotatable bonds is 0. The second-order valence-electron chi connectivity index (χ2n) is 3.07. The van der Waals surface area contributed by atoms with Gasteiger partial charge in [0, 0.05) is 4.47 Å². The van der Waals surface area contributed by atoms with Crippen molar-refractivity contribution in [3.05, 3.63) is 41.1 Å². The first kappa shape index (κ1) is 7.94. The van der Waals surface area contributed by atoms with E-state index in [4.69, 9.17) is 0 Å². The van der Waals surface area contributed by atoms with Gasteiger partial charge in [0.05, 0.1) is 5.52 Å². The first-order valence-corrected chi connectivity index (χ1v) is 5.02. The molecule has 1 aromatic carbocycles. The molecular weight excluding hydrogens is 242 g/mol. The lowest BCUT2D eigenvalue weighted by Gasteiger charge is -2.02. The first-order valence-electron chi connectivity index (χ1n) is 4.23. The molecule has 0 bridgehead atoms. The lowest BCUT2D eigenvalue weighted by molar-refractivity contribution is 1.11. The molecule has 0 saturated heterocycles. The minimum atomic E-state index is 0.865. The highest BCUT2D eigenvalue weighted by Crippen LogP contribution is 2.23. The molecule has 68 valence electrons. The molecule has 2 heterocycles. The van der Waals surface area contributed by atoms with Gasteiger partial charge in [0.15, 0.2) is 5.65 Å². The lowest BCUT2D eigenvalue weighted by atomic mass is 10.2. The van der Waals surface area contributed by atoms with Crippen molar-refractivity contribution in [3.8, 4) is 0 Å². The van der Waals surface area contributed by atoms with Crippen molar-refractivity contribution in [1.82, 2.24) is 14.6 Å². The molecule has 2 aromatic heterocycles. The Balaban J connectivity index is 2.67. The predicted octanol–water partition coefficient (Wildman–Crippen LogP) is 2.65. The minimum absolute atomic E-state index is 0.865. The van der Waals surface area contributed by atoms with Crippen molar-refractivity contribution in [2.24, 2.45) is 0 Å². The van der Waals surface area contributed by atoms with Crippen LogP contribution in [-0.2, 0) is 0 Å². The molecule has 0 aliphatic rings. The molecule has 3 aromatic rings. The number of hydrogen-bond acceptors (Lipinski definition) is 2.